The third-order valence-electron chi connectivity index (χ3n) is 0.867. The Kier molecular flexibility index (Phi) is 4.06. The molecule has 4 nitrogen and oxygen atoms in total. The lowest BCUT2D eigenvalue weighted by molar-refractivity contribution is 0.398. The van der Waals surface area contributed by atoms with E-state index in [-0.39, 0.29) is 12.7 Å². The lowest BCUT2D eigenvalue weighted by Gasteiger charge is -2.03. The maximum atomic E-state index is 8.32. The smallest absolute Gasteiger partial charge is 0.427 e. The van der Waals surface area contributed by atoms with Gasteiger partial charge in [0.1, 0.15) is 0 Å². The third kappa shape index (κ3) is 5.30. The lowest BCUT2D eigenvalue weighted by atomic mass is 9.81. The average Bonchev–Trinajstić information content (AvgIpc) is 1.63. The van der Waals surface area contributed by atoms with Crippen LogP contribution in [0, 0.1) is 11.3 Å². The molecule has 0 aliphatic heterocycles. The maximum absolute atomic E-state index is 8.32. The van der Waals surface area contributed by atoms with E-state index in [1.54, 1.807) is 0 Å². The van der Waals surface area contributed by atoms with Gasteiger partial charge in [0, 0.05) is 12.5 Å². The van der Waals surface area contributed by atoms with Crippen molar-refractivity contribution >= 4 is 7.12 Å². The number of hydrogen-bond donors (Lipinski definition) is 3. The van der Waals surface area contributed by atoms with Crippen LogP contribution in [0.15, 0.2) is 0 Å². The molecule has 0 bridgehead atoms. The molecule has 0 heterocycles. The monoisotopic (exact) mass is 128 g/mol. The first-order valence-electron chi connectivity index (χ1n) is 2.65. The first-order chi connectivity index (χ1) is 4.16. The van der Waals surface area contributed by atoms with Crippen LogP contribution in [-0.2, 0) is 0 Å². The second kappa shape index (κ2) is 4.33. The van der Waals surface area contributed by atoms with Crippen molar-refractivity contribution in [3.8, 4) is 6.07 Å². The lowest BCUT2D eigenvalue weighted by Crippen LogP contribution is -2.27. The van der Waals surface area contributed by atoms with E-state index >= 15 is 0 Å². The fourth-order valence-electron chi connectivity index (χ4n) is 0.471. The Balaban J connectivity index is 3.29. The van der Waals surface area contributed by atoms with Gasteiger partial charge in [-0.1, -0.05) is 0 Å². The van der Waals surface area contributed by atoms with Gasteiger partial charge in [0.2, 0.25) is 0 Å². The molecule has 4 N–H and O–H groups in total. The van der Waals surface area contributed by atoms with E-state index in [0.717, 1.165) is 0 Å². The molecular formula is C4H9BN2O2. The van der Waals surface area contributed by atoms with E-state index in [2.05, 4.69) is 0 Å². The zero-order valence-corrected chi connectivity index (χ0v) is 4.99. The molecule has 0 aliphatic carbocycles. The van der Waals surface area contributed by atoms with E-state index in [0.29, 0.717) is 0 Å². The van der Waals surface area contributed by atoms with Crippen LogP contribution in [0.25, 0.3) is 0 Å². The van der Waals surface area contributed by atoms with Gasteiger partial charge in [0.15, 0.2) is 0 Å². The molecule has 0 saturated heterocycles. The topological polar surface area (TPSA) is 90.3 Å². The zero-order chi connectivity index (χ0) is 7.28. The number of nitrogens with two attached hydrogens (primary N) is 1. The Morgan fingerprint density at radius 1 is 1.67 bits per heavy atom. The molecular weight excluding hydrogens is 119 g/mol. The summed E-state index contributed by atoms with van der Waals surface area (Å²) in [4.78, 5) is 0. The Hall–Kier alpha value is -0.565. The van der Waals surface area contributed by atoms with Crippen LogP contribution in [0.5, 0.6) is 0 Å². The Bertz CT molecular complexity index is 112. The highest BCUT2D eigenvalue weighted by atomic mass is 16.4. The fraction of sp³-hybridized carbons (Fsp3) is 0.750. The minimum Gasteiger partial charge on any atom is -0.427 e. The van der Waals surface area contributed by atoms with Crippen molar-refractivity contribution in [2.45, 2.75) is 18.8 Å². The van der Waals surface area contributed by atoms with Gasteiger partial charge in [-0.25, -0.2) is 0 Å². The van der Waals surface area contributed by atoms with E-state index in [1.165, 1.54) is 0 Å². The molecule has 0 unspecified atom stereocenters. The second-order valence-electron chi connectivity index (χ2n) is 1.84. The molecule has 0 saturated carbocycles. The minimum absolute atomic E-state index is 0.0631. The molecule has 0 fully saturated rings. The second-order valence-corrected chi connectivity index (χ2v) is 1.84. The Morgan fingerprint density at radius 3 is 2.56 bits per heavy atom. The van der Waals surface area contributed by atoms with Crippen molar-refractivity contribution in [3.63, 3.8) is 0 Å². The van der Waals surface area contributed by atoms with E-state index in [1.807, 2.05) is 6.07 Å². The van der Waals surface area contributed by atoms with Gasteiger partial charge in [-0.2, -0.15) is 5.26 Å². The van der Waals surface area contributed by atoms with Crippen molar-refractivity contribution in [3.05, 3.63) is 0 Å². The van der Waals surface area contributed by atoms with Crippen molar-refractivity contribution in [2.24, 2.45) is 5.73 Å². The molecule has 0 amide bonds. The number of hydrogen-bond acceptors (Lipinski definition) is 4. The minimum atomic E-state index is -1.40. The van der Waals surface area contributed by atoms with Crippen LogP contribution in [0.1, 0.15) is 6.42 Å². The molecule has 0 aromatic rings. The quantitative estimate of drug-likeness (QED) is 0.412. The predicted molar refractivity (Wildman–Crippen MR) is 33.2 cm³/mol. The average molecular weight is 128 g/mol. The van der Waals surface area contributed by atoms with Crippen molar-refractivity contribution in [1.29, 1.82) is 5.26 Å². The molecule has 0 rings (SSSR count). The maximum Gasteiger partial charge on any atom is 0.453 e. The van der Waals surface area contributed by atoms with E-state index in [9.17, 15) is 0 Å². The van der Waals surface area contributed by atoms with Crippen LogP contribution >= 0.6 is 0 Å². The summed E-state index contributed by atoms with van der Waals surface area (Å²) in [7, 11) is -1.40. The summed E-state index contributed by atoms with van der Waals surface area (Å²) >= 11 is 0. The number of nitrogens with zero attached hydrogens (tertiary/aromatic N) is 1. The van der Waals surface area contributed by atoms with Gasteiger partial charge >= 0.3 is 7.12 Å². The molecule has 5 heteroatoms. The Morgan fingerprint density at radius 2 is 2.22 bits per heavy atom. The first kappa shape index (κ1) is 8.43. The van der Waals surface area contributed by atoms with Crippen molar-refractivity contribution in [2.75, 3.05) is 0 Å². The van der Waals surface area contributed by atoms with E-state index < -0.39 is 13.2 Å². The van der Waals surface area contributed by atoms with Gasteiger partial charge in [0.25, 0.3) is 0 Å². The predicted octanol–water partition coefficient (Wildman–Crippen LogP) is -1.30. The number of rotatable bonds is 3. The summed E-state index contributed by atoms with van der Waals surface area (Å²) in [5.74, 6) is 0. The standard InChI is InChI=1S/C4H9BN2O2/c6-2-1-4(7)3-5(8)9/h4,8-9H,1,3,7H2/t4-/m0/s1. The molecule has 0 aromatic heterocycles. The van der Waals surface area contributed by atoms with Gasteiger partial charge in [-0.3, -0.25) is 0 Å². The van der Waals surface area contributed by atoms with Gasteiger partial charge in [0.05, 0.1) is 6.07 Å². The zero-order valence-electron chi connectivity index (χ0n) is 4.99. The molecule has 0 aliphatic rings. The summed E-state index contributed by atoms with van der Waals surface area (Å²) < 4.78 is 0. The highest BCUT2D eigenvalue weighted by Gasteiger charge is 2.12. The SMILES string of the molecule is N#CC[C@H](N)CB(O)O. The first-order valence-corrected chi connectivity index (χ1v) is 2.65. The Labute approximate surface area is 54.0 Å². The van der Waals surface area contributed by atoms with E-state index in [4.69, 9.17) is 21.0 Å². The van der Waals surface area contributed by atoms with Crippen molar-refractivity contribution in [1.82, 2.24) is 0 Å². The van der Waals surface area contributed by atoms with Crippen LogP contribution in [0.3, 0.4) is 0 Å². The molecule has 9 heavy (non-hydrogen) atoms. The summed E-state index contributed by atoms with van der Waals surface area (Å²) in [6.45, 7) is 0. The van der Waals surface area contributed by atoms with Gasteiger partial charge in [-0.05, 0) is 6.32 Å². The van der Waals surface area contributed by atoms with Crippen molar-refractivity contribution < 1.29 is 10.0 Å². The van der Waals surface area contributed by atoms with Crippen LogP contribution < -0.4 is 5.73 Å². The van der Waals surface area contributed by atoms with Gasteiger partial charge < -0.3 is 15.8 Å². The highest BCUT2D eigenvalue weighted by molar-refractivity contribution is 6.41. The molecule has 0 radical (unpaired) electrons. The number of nitriles is 1. The summed E-state index contributed by atoms with van der Waals surface area (Å²) in [5.41, 5.74) is 5.24. The summed E-state index contributed by atoms with van der Waals surface area (Å²) in [6.07, 6.45) is 0.227. The third-order valence-corrected chi connectivity index (χ3v) is 0.867. The van der Waals surface area contributed by atoms with Crippen LogP contribution in [0.4, 0.5) is 0 Å². The molecule has 1 atom stereocenters. The van der Waals surface area contributed by atoms with Crippen LogP contribution in [0.2, 0.25) is 6.32 Å². The fourth-order valence-corrected chi connectivity index (χ4v) is 0.471. The summed E-state index contributed by atoms with van der Waals surface area (Å²) in [5, 5.41) is 24.7. The van der Waals surface area contributed by atoms with Gasteiger partial charge in [-0.15, -0.1) is 0 Å². The largest absolute Gasteiger partial charge is 0.453 e. The summed E-state index contributed by atoms with van der Waals surface area (Å²) in [6, 6.07) is 1.40. The molecule has 0 spiro atoms. The van der Waals surface area contributed by atoms with Crippen LogP contribution in [-0.4, -0.2) is 23.2 Å². The molecule has 50 valence electrons. The highest BCUT2D eigenvalue weighted by Crippen LogP contribution is 1.94. The normalized spacial score (nSPS) is 12.2. The molecule has 0 aromatic carbocycles.